The zero-order valence-corrected chi connectivity index (χ0v) is 9.70. The molecule has 0 saturated heterocycles. The Balaban J connectivity index is 2.25. The SMILES string of the molecule is CCOC(=O)C(N)C(=O)NCC1CCCC1. The molecule has 0 spiro atoms. The molecular weight excluding hydrogens is 208 g/mol. The molecule has 1 atom stereocenters. The molecular formula is C11H20N2O3. The fraction of sp³-hybridized carbons (Fsp3) is 0.818. The van der Waals surface area contributed by atoms with Gasteiger partial charge in [-0.25, -0.2) is 4.79 Å². The molecule has 0 heterocycles. The van der Waals surface area contributed by atoms with Crippen molar-refractivity contribution in [1.82, 2.24) is 5.32 Å². The molecule has 0 aromatic rings. The molecule has 1 aliphatic rings. The molecule has 1 amide bonds. The predicted octanol–water partition coefficient (Wildman–Crippen LogP) is 0.183. The van der Waals surface area contributed by atoms with Gasteiger partial charge in [0, 0.05) is 6.54 Å². The van der Waals surface area contributed by atoms with Crippen molar-refractivity contribution in [3.05, 3.63) is 0 Å². The molecule has 1 unspecified atom stereocenters. The third-order valence-electron chi connectivity index (χ3n) is 2.86. The van der Waals surface area contributed by atoms with Gasteiger partial charge in [0.2, 0.25) is 5.91 Å². The maximum atomic E-state index is 11.5. The Labute approximate surface area is 95.7 Å². The Bertz CT molecular complexity index is 250. The third kappa shape index (κ3) is 3.81. The van der Waals surface area contributed by atoms with E-state index in [2.05, 4.69) is 10.1 Å². The van der Waals surface area contributed by atoms with Gasteiger partial charge in [0.1, 0.15) is 0 Å². The molecule has 0 bridgehead atoms. The van der Waals surface area contributed by atoms with Crippen LogP contribution in [0.2, 0.25) is 0 Å². The Kier molecular flexibility index (Phi) is 5.25. The number of hydrogen-bond acceptors (Lipinski definition) is 4. The molecule has 1 aliphatic carbocycles. The molecule has 0 aliphatic heterocycles. The van der Waals surface area contributed by atoms with E-state index < -0.39 is 17.9 Å². The first-order valence-corrected chi connectivity index (χ1v) is 5.85. The molecule has 16 heavy (non-hydrogen) atoms. The molecule has 0 radical (unpaired) electrons. The summed E-state index contributed by atoms with van der Waals surface area (Å²) in [5.41, 5.74) is 5.44. The number of rotatable bonds is 5. The van der Waals surface area contributed by atoms with Gasteiger partial charge in [-0.1, -0.05) is 12.8 Å². The van der Waals surface area contributed by atoms with Gasteiger partial charge >= 0.3 is 5.97 Å². The third-order valence-corrected chi connectivity index (χ3v) is 2.86. The lowest BCUT2D eigenvalue weighted by atomic mass is 10.1. The second-order valence-corrected chi connectivity index (χ2v) is 4.13. The lowest BCUT2D eigenvalue weighted by Crippen LogP contribution is -2.47. The Hall–Kier alpha value is -1.10. The summed E-state index contributed by atoms with van der Waals surface area (Å²) in [7, 11) is 0. The van der Waals surface area contributed by atoms with Gasteiger partial charge in [0.05, 0.1) is 6.61 Å². The van der Waals surface area contributed by atoms with Crippen LogP contribution in [0, 0.1) is 5.92 Å². The first-order valence-electron chi connectivity index (χ1n) is 5.85. The quantitative estimate of drug-likeness (QED) is 0.519. The maximum Gasteiger partial charge on any atom is 0.332 e. The lowest BCUT2D eigenvalue weighted by Gasteiger charge is -2.13. The first kappa shape index (κ1) is 13.0. The molecule has 3 N–H and O–H groups in total. The second kappa shape index (κ2) is 6.48. The van der Waals surface area contributed by atoms with E-state index in [1.807, 2.05) is 0 Å². The molecule has 5 heteroatoms. The molecule has 92 valence electrons. The van der Waals surface area contributed by atoms with Crippen LogP contribution in [0.3, 0.4) is 0 Å². The molecule has 1 fully saturated rings. The molecule has 1 rings (SSSR count). The lowest BCUT2D eigenvalue weighted by molar-refractivity contribution is -0.148. The Morgan fingerprint density at radius 3 is 2.62 bits per heavy atom. The van der Waals surface area contributed by atoms with E-state index in [0.717, 1.165) is 12.8 Å². The summed E-state index contributed by atoms with van der Waals surface area (Å²) < 4.78 is 4.67. The zero-order valence-electron chi connectivity index (χ0n) is 9.70. The van der Waals surface area contributed by atoms with E-state index in [1.54, 1.807) is 6.92 Å². The van der Waals surface area contributed by atoms with Crippen LogP contribution in [0.1, 0.15) is 32.6 Å². The molecule has 5 nitrogen and oxygen atoms in total. The van der Waals surface area contributed by atoms with Crippen LogP contribution >= 0.6 is 0 Å². The highest BCUT2D eigenvalue weighted by Crippen LogP contribution is 2.23. The van der Waals surface area contributed by atoms with E-state index in [-0.39, 0.29) is 6.61 Å². The number of ether oxygens (including phenoxy) is 1. The number of amides is 1. The van der Waals surface area contributed by atoms with E-state index in [9.17, 15) is 9.59 Å². The van der Waals surface area contributed by atoms with Gasteiger partial charge in [0.25, 0.3) is 0 Å². The summed E-state index contributed by atoms with van der Waals surface area (Å²) in [5, 5.41) is 2.70. The largest absolute Gasteiger partial charge is 0.464 e. The first-order chi connectivity index (χ1) is 7.65. The van der Waals surface area contributed by atoms with Crippen molar-refractivity contribution in [2.45, 2.75) is 38.6 Å². The number of carbonyl (C=O) groups is 2. The number of nitrogens with one attached hydrogen (secondary N) is 1. The highest BCUT2D eigenvalue weighted by atomic mass is 16.5. The molecule has 1 saturated carbocycles. The van der Waals surface area contributed by atoms with Gasteiger partial charge in [-0.05, 0) is 25.7 Å². The average molecular weight is 228 g/mol. The fourth-order valence-electron chi connectivity index (χ4n) is 1.91. The van der Waals surface area contributed by atoms with E-state index in [0.29, 0.717) is 12.5 Å². The number of esters is 1. The minimum absolute atomic E-state index is 0.239. The predicted molar refractivity (Wildman–Crippen MR) is 59.6 cm³/mol. The van der Waals surface area contributed by atoms with Gasteiger partial charge in [-0.2, -0.15) is 0 Å². The highest BCUT2D eigenvalue weighted by molar-refractivity contribution is 6.01. The normalized spacial score (nSPS) is 18.1. The Morgan fingerprint density at radius 2 is 2.06 bits per heavy atom. The van der Waals surface area contributed by atoms with Gasteiger partial charge in [-0.3, -0.25) is 4.79 Å². The van der Waals surface area contributed by atoms with Crippen molar-refractivity contribution in [3.63, 3.8) is 0 Å². The standard InChI is InChI=1S/C11H20N2O3/c1-2-16-11(15)9(12)10(14)13-7-8-5-3-4-6-8/h8-9H,2-7,12H2,1H3,(H,13,14). The monoisotopic (exact) mass is 228 g/mol. The van der Waals surface area contributed by atoms with Crippen molar-refractivity contribution in [1.29, 1.82) is 0 Å². The number of carbonyl (C=O) groups excluding carboxylic acids is 2. The van der Waals surface area contributed by atoms with Crippen LogP contribution in [0.5, 0.6) is 0 Å². The smallest absolute Gasteiger partial charge is 0.332 e. The average Bonchev–Trinajstić information content (AvgIpc) is 2.78. The summed E-state index contributed by atoms with van der Waals surface area (Å²) >= 11 is 0. The highest BCUT2D eigenvalue weighted by Gasteiger charge is 2.24. The summed E-state index contributed by atoms with van der Waals surface area (Å²) in [5.74, 6) is -0.560. The van der Waals surface area contributed by atoms with Crippen molar-refractivity contribution in [2.24, 2.45) is 11.7 Å². The molecule has 0 aromatic carbocycles. The van der Waals surface area contributed by atoms with Crippen LogP contribution < -0.4 is 11.1 Å². The topological polar surface area (TPSA) is 81.4 Å². The van der Waals surface area contributed by atoms with Crippen LogP contribution in [0.15, 0.2) is 0 Å². The Morgan fingerprint density at radius 1 is 1.44 bits per heavy atom. The van der Waals surface area contributed by atoms with Crippen LogP contribution in [-0.2, 0) is 14.3 Å². The minimum Gasteiger partial charge on any atom is -0.464 e. The van der Waals surface area contributed by atoms with E-state index >= 15 is 0 Å². The van der Waals surface area contributed by atoms with Crippen LogP contribution in [0.25, 0.3) is 0 Å². The molecule has 0 aromatic heterocycles. The van der Waals surface area contributed by atoms with Crippen LogP contribution in [-0.4, -0.2) is 31.1 Å². The fourth-order valence-corrected chi connectivity index (χ4v) is 1.91. The van der Waals surface area contributed by atoms with Gasteiger partial charge in [0.15, 0.2) is 6.04 Å². The maximum absolute atomic E-state index is 11.5. The van der Waals surface area contributed by atoms with Gasteiger partial charge < -0.3 is 15.8 Å². The minimum atomic E-state index is -1.19. The summed E-state index contributed by atoms with van der Waals surface area (Å²) in [6, 6.07) is -1.19. The van der Waals surface area contributed by atoms with Crippen molar-refractivity contribution in [2.75, 3.05) is 13.2 Å². The van der Waals surface area contributed by atoms with Crippen molar-refractivity contribution in [3.8, 4) is 0 Å². The van der Waals surface area contributed by atoms with Crippen molar-refractivity contribution < 1.29 is 14.3 Å². The second-order valence-electron chi connectivity index (χ2n) is 4.13. The van der Waals surface area contributed by atoms with Gasteiger partial charge in [-0.15, -0.1) is 0 Å². The van der Waals surface area contributed by atoms with Crippen LogP contribution in [0.4, 0.5) is 0 Å². The van der Waals surface area contributed by atoms with E-state index in [4.69, 9.17) is 5.73 Å². The summed E-state index contributed by atoms with van der Waals surface area (Å²) in [4.78, 5) is 22.7. The van der Waals surface area contributed by atoms with E-state index in [1.165, 1.54) is 12.8 Å². The number of hydrogen-bond donors (Lipinski definition) is 2. The van der Waals surface area contributed by atoms with Crippen molar-refractivity contribution >= 4 is 11.9 Å². The summed E-state index contributed by atoms with van der Waals surface area (Å²) in [6.07, 6.45) is 4.75. The summed E-state index contributed by atoms with van der Waals surface area (Å²) in [6.45, 7) is 2.54. The number of nitrogens with two attached hydrogens (primary N) is 1. The zero-order chi connectivity index (χ0) is 12.0.